The molecule has 2 aromatic heterocycles. The summed E-state index contributed by atoms with van der Waals surface area (Å²) in [5.74, 6) is 0.0263. The molecule has 1 aliphatic rings. The molecule has 3 heterocycles. The van der Waals surface area contributed by atoms with E-state index in [9.17, 15) is 4.79 Å². The first-order valence-electron chi connectivity index (χ1n) is 6.02. The fourth-order valence-electron chi connectivity index (χ4n) is 2.37. The third-order valence-electron chi connectivity index (χ3n) is 3.25. The van der Waals surface area contributed by atoms with E-state index < -0.39 is 0 Å². The number of carbonyl (C=O) groups excluding carboxylic acids is 1. The molecule has 0 radical (unpaired) electrons. The summed E-state index contributed by atoms with van der Waals surface area (Å²) in [5, 5.41) is 8.17. The van der Waals surface area contributed by atoms with E-state index >= 15 is 0 Å². The predicted molar refractivity (Wildman–Crippen MR) is 62.8 cm³/mol. The summed E-state index contributed by atoms with van der Waals surface area (Å²) in [7, 11) is 0. The smallest absolute Gasteiger partial charge is 0.257 e. The van der Waals surface area contributed by atoms with Gasteiger partial charge in [-0.05, 0) is 18.9 Å². The summed E-state index contributed by atoms with van der Waals surface area (Å²) in [6, 6.07) is 1.86. The summed E-state index contributed by atoms with van der Waals surface area (Å²) in [5.41, 5.74) is 0.607. The molecule has 2 aromatic rings. The Morgan fingerprint density at radius 1 is 1.44 bits per heavy atom. The monoisotopic (exact) mass is 246 g/mol. The number of hydrogen-bond donors (Lipinski definition) is 0. The van der Waals surface area contributed by atoms with Crippen molar-refractivity contribution in [3.63, 3.8) is 0 Å². The molecule has 1 amide bonds. The van der Waals surface area contributed by atoms with Crippen LogP contribution in [0.2, 0.25) is 0 Å². The molecular formula is C12H14N4O2. The number of nitrogens with zero attached hydrogens (tertiary/aromatic N) is 4. The van der Waals surface area contributed by atoms with Gasteiger partial charge < -0.3 is 9.32 Å². The number of furan rings is 1. The Bertz CT molecular complexity index is 506. The molecule has 1 aliphatic heterocycles. The molecule has 1 saturated heterocycles. The summed E-state index contributed by atoms with van der Waals surface area (Å²) < 4.78 is 4.96. The number of carbonyl (C=O) groups is 1. The van der Waals surface area contributed by atoms with Crippen LogP contribution in [0.15, 0.2) is 35.4 Å². The zero-order valence-corrected chi connectivity index (χ0v) is 9.90. The Hall–Kier alpha value is -2.11. The molecule has 6 heteroatoms. The molecule has 0 spiro atoms. The highest BCUT2D eigenvalue weighted by Gasteiger charge is 2.30. The topological polar surface area (TPSA) is 64.2 Å². The first-order valence-corrected chi connectivity index (χ1v) is 6.02. The number of amides is 1. The molecule has 0 aliphatic carbocycles. The lowest BCUT2D eigenvalue weighted by molar-refractivity contribution is 0.0717. The van der Waals surface area contributed by atoms with Crippen LogP contribution in [0.3, 0.4) is 0 Å². The summed E-state index contributed by atoms with van der Waals surface area (Å²) in [6.45, 7) is 1.44. The van der Waals surface area contributed by atoms with E-state index in [1.54, 1.807) is 23.3 Å². The first-order chi connectivity index (χ1) is 8.84. The fraction of sp³-hybridized carbons (Fsp3) is 0.417. The molecule has 3 rings (SSSR count). The highest BCUT2D eigenvalue weighted by Crippen LogP contribution is 2.21. The number of likely N-dealkylation sites (tertiary alicyclic amines) is 1. The minimum atomic E-state index is 0.0263. The lowest BCUT2D eigenvalue weighted by Crippen LogP contribution is -2.38. The molecule has 1 atom stereocenters. The van der Waals surface area contributed by atoms with Gasteiger partial charge in [0.05, 0.1) is 36.8 Å². The predicted octanol–water partition coefficient (Wildman–Crippen LogP) is 1.18. The second-order valence-electron chi connectivity index (χ2n) is 4.39. The van der Waals surface area contributed by atoms with Gasteiger partial charge in [-0.15, -0.1) is 0 Å². The van der Waals surface area contributed by atoms with Crippen LogP contribution >= 0.6 is 0 Å². The van der Waals surface area contributed by atoms with Crippen molar-refractivity contribution >= 4 is 5.91 Å². The number of hydrogen-bond acceptors (Lipinski definition) is 4. The van der Waals surface area contributed by atoms with Gasteiger partial charge in [-0.2, -0.15) is 15.0 Å². The molecule has 0 aromatic carbocycles. The Kier molecular flexibility index (Phi) is 2.84. The third-order valence-corrected chi connectivity index (χ3v) is 3.25. The van der Waals surface area contributed by atoms with Crippen molar-refractivity contribution in [3.8, 4) is 0 Å². The second-order valence-corrected chi connectivity index (χ2v) is 4.39. The maximum absolute atomic E-state index is 12.3. The highest BCUT2D eigenvalue weighted by molar-refractivity contribution is 5.94. The zero-order chi connectivity index (χ0) is 12.4. The summed E-state index contributed by atoms with van der Waals surface area (Å²) in [4.78, 5) is 15.8. The largest absolute Gasteiger partial charge is 0.472 e. The van der Waals surface area contributed by atoms with Crippen LogP contribution in [0.4, 0.5) is 0 Å². The van der Waals surface area contributed by atoms with E-state index in [0.29, 0.717) is 12.1 Å². The molecule has 94 valence electrons. The van der Waals surface area contributed by atoms with Crippen molar-refractivity contribution < 1.29 is 9.21 Å². The van der Waals surface area contributed by atoms with E-state index in [4.69, 9.17) is 4.42 Å². The summed E-state index contributed by atoms with van der Waals surface area (Å²) >= 11 is 0. The van der Waals surface area contributed by atoms with Gasteiger partial charge in [0, 0.05) is 6.54 Å². The Morgan fingerprint density at radius 2 is 2.28 bits per heavy atom. The van der Waals surface area contributed by atoms with Crippen molar-refractivity contribution in [1.82, 2.24) is 19.9 Å². The van der Waals surface area contributed by atoms with Gasteiger partial charge in [0.1, 0.15) is 6.26 Å². The number of aromatic nitrogens is 3. The fourth-order valence-corrected chi connectivity index (χ4v) is 2.37. The van der Waals surface area contributed by atoms with Crippen LogP contribution in [0, 0.1) is 0 Å². The molecule has 6 nitrogen and oxygen atoms in total. The van der Waals surface area contributed by atoms with E-state index in [2.05, 4.69) is 10.2 Å². The average molecular weight is 246 g/mol. The normalized spacial score (nSPS) is 19.3. The van der Waals surface area contributed by atoms with Gasteiger partial charge in [0.15, 0.2) is 0 Å². The van der Waals surface area contributed by atoms with Gasteiger partial charge in [0.25, 0.3) is 5.91 Å². The summed E-state index contributed by atoms with van der Waals surface area (Å²) in [6.07, 6.45) is 8.33. The third kappa shape index (κ3) is 2.01. The second kappa shape index (κ2) is 4.64. The van der Waals surface area contributed by atoms with Gasteiger partial charge in [0.2, 0.25) is 0 Å². The SMILES string of the molecule is O=C(c1ccoc1)N1CCC[C@@H]1Cn1nccn1. The first kappa shape index (κ1) is 11.0. The van der Waals surface area contributed by atoms with Crippen LogP contribution in [0.5, 0.6) is 0 Å². The van der Waals surface area contributed by atoms with Gasteiger partial charge in [-0.3, -0.25) is 4.79 Å². The van der Waals surface area contributed by atoms with E-state index in [0.717, 1.165) is 19.4 Å². The van der Waals surface area contributed by atoms with E-state index in [1.807, 2.05) is 4.90 Å². The molecule has 0 N–H and O–H groups in total. The molecule has 18 heavy (non-hydrogen) atoms. The molecule has 0 bridgehead atoms. The van der Waals surface area contributed by atoms with Gasteiger partial charge >= 0.3 is 0 Å². The lowest BCUT2D eigenvalue weighted by Gasteiger charge is -2.23. The van der Waals surface area contributed by atoms with E-state index in [-0.39, 0.29) is 11.9 Å². The minimum Gasteiger partial charge on any atom is -0.472 e. The molecule has 0 unspecified atom stereocenters. The van der Waals surface area contributed by atoms with Crippen LogP contribution < -0.4 is 0 Å². The molecule has 1 fully saturated rings. The molecule has 0 saturated carbocycles. The number of rotatable bonds is 3. The highest BCUT2D eigenvalue weighted by atomic mass is 16.3. The van der Waals surface area contributed by atoms with Crippen molar-refractivity contribution in [1.29, 1.82) is 0 Å². The maximum atomic E-state index is 12.3. The van der Waals surface area contributed by atoms with Crippen LogP contribution in [-0.4, -0.2) is 38.4 Å². The lowest BCUT2D eigenvalue weighted by atomic mass is 10.2. The minimum absolute atomic E-state index is 0.0263. The Morgan fingerprint density at radius 3 is 3.00 bits per heavy atom. The standard InChI is InChI=1S/C12H14N4O2/c17-12(10-3-7-18-9-10)15-6-1-2-11(15)8-16-13-4-5-14-16/h3-5,7,9,11H,1-2,6,8H2/t11-/m1/s1. The van der Waals surface area contributed by atoms with Crippen LogP contribution in [0.25, 0.3) is 0 Å². The zero-order valence-electron chi connectivity index (χ0n) is 9.90. The van der Waals surface area contributed by atoms with E-state index in [1.165, 1.54) is 12.5 Å². The van der Waals surface area contributed by atoms with Crippen molar-refractivity contribution in [2.75, 3.05) is 6.54 Å². The van der Waals surface area contributed by atoms with Crippen molar-refractivity contribution in [2.45, 2.75) is 25.4 Å². The maximum Gasteiger partial charge on any atom is 0.257 e. The Balaban J connectivity index is 1.73. The van der Waals surface area contributed by atoms with Crippen molar-refractivity contribution in [2.24, 2.45) is 0 Å². The van der Waals surface area contributed by atoms with Gasteiger partial charge in [-0.1, -0.05) is 0 Å². The molecular weight excluding hydrogens is 232 g/mol. The van der Waals surface area contributed by atoms with Crippen LogP contribution in [-0.2, 0) is 6.54 Å². The van der Waals surface area contributed by atoms with Crippen molar-refractivity contribution in [3.05, 3.63) is 36.5 Å². The van der Waals surface area contributed by atoms with Crippen LogP contribution in [0.1, 0.15) is 23.2 Å². The Labute approximate surface area is 104 Å². The van der Waals surface area contributed by atoms with Gasteiger partial charge in [-0.25, -0.2) is 0 Å². The average Bonchev–Trinajstić information content (AvgIpc) is 3.12. The quantitative estimate of drug-likeness (QED) is 0.815.